The van der Waals surface area contributed by atoms with Crippen LogP contribution in [0.2, 0.25) is 0 Å². The predicted octanol–water partition coefficient (Wildman–Crippen LogP) is -14.0. The maximum atomic E-state index is 12.3. The van der Waals surface area contributed by atoms with Gasteiger partial charge in [0, 0.05) is 37.6 Å². The minimum atomic E-state index is -5.19. The number of aliphatic hydroxyl groups is 2. The van der Waals surface area contributed by atoms with Gasteiger partial charge in [-0.2, -0.15) is 29.9 Å². The van der Waals surface area contributed by atoms with Crippen LogP contribution >= 0.6 is 0 Å². The number of aromatic nitrogens is 6. The van der Waals surface area contributed by atoms with Gasteiger partial charge in [0.25, 0.3) is 0 Å². The first kappa shape index (κ1) is 65.6. The number of ether oxygens (including phenoxy) is 2. The Kier molecular flexibility index (Phi) is 31.2. The van der Waals surface area contributed by atoms with Gasteiger partial charge in [0.1, 0.15) is 20.2 Å². The first-order chi connectivity index (χ1) is 28.5. The average Bonchev–Trinajstić information content (AvgIpc) is 3.16. The molecule has 0 saturated carbocycles. The molecule has 0 aliphatic rings. The molecule has 35 heteroatoms. The number of nitrogens with one attached hydrogen (secondary N) is 5. The smallest absolute Gasteiger partial charge is 0.748 e. The van der Waals surface area contributed by atoms with Crippen molar-refractivity contribution in [3.63, 3.8) is 0 Å². The Morgan fingerprint density at radius 3 is 1.17 bits per heavy atom. The van der Waals surface area contributed by atoms with Crippen molar-refractivity contribution in [3.05, 3.63) is 47.5 Å². The summed E-state index contributed by atoms with van der Waals surface area (Å²) >= 11 is 0. The Morgan fingerprint density at radius 2 is 0.877 bits per heavy atom. The zero-order valence-electron chi connectivity index (χ0n) is 35.7. The van der Waals surface area contributed by atoms with Gasteiger partial charge in [-0.25, -0.2) is 33.7 Å². The molecule has 4 rings (SSSR count). The zero-order valence-corrected chi connectivity index (χ0v) is 47.0. The normalized spacial score (nSPS) is 11.3. The molecule has 7 N–H and O–H groups in total. The van der Waals surface area contributed by atoms with Gasteiger partial charge in [-0.15, -0.1) is 0 Å². The molecular weight excluding hydrogens is 991 g/mol. The molecule has 0 amide bonds. The van der Waals surface area contributed by atoms with Crippen LogP contribution in [0, 0.1) is 0 Å². The molecule has 0 fully saturated rings. The van der Waals surface area contributed by atoms with Crippen LogP contribution in [0.1, 0.15) is 11.1 Å². The maximum absolute atomic E-state index is 12.3. The molecule has 0 atom stereocenters. The fourth-order valence-corrected chi connectivity index (χ4v) is 6.49. The molecule has 2 heterocycles. The van der Waals surface area contributed by atoms with E-state index in [-0.39, 0.29) is 203 Å². The maximum Gasteiger partial charge on any atom is 1.00 e. The van der Waals surface area contributed by atoms with Gasteiger partial charge in [-0.1, -0.05) is 24.3 Å². The summed E-state index contributed by atoms with van der Waals surface area (Å²) < 4.78 is 149. The summed E-state index contributed by atoms with van der Waals surface area (Å²) in [6.07, 6.45) is 2.14. The molecule has 65 heavy (non-hydrogen) atoms. The predicted molar refractivity (Wildman–Crippen MR) is 210 cm³/mol. The van der Waals surface area contributed by atoms with E-state index in [9.17, 15) is 51.9 Å². The molecule has 0 saturated heterocycles. The molecule has 336 valence electrons. The Hall–Kier alpha value is -1.48. The van der Waals surface area contributed by atoms with Gasteiger partial charge in [-0.05, 0) is 35.4 Å². The number of hydrogen-bond acceptors (Lipinski definition) is 27. The van der Waals surface area contributed by atoms with Gasteiger partial charge >= 0.3 is 130 Å². The first-order valence-electron chi connectivity index (χ1n) is 16.8. The second-order valence-electron chi connectivity index (χ2n) is 11.5. The molecule has 2 aromatic carbocycles. The molecule has 27 nitrogen and oxygen atoms in total. The van der Waals surface area contributed by atoms with Crippen LogP contribution in [0.3, 0.4) is 0 Å². The number of nitrogens with zero attached hydrogens (tertiary/aromatic N) is 6. The summed E-state index contributed by atoms with van der Waals surface area (Å²) in [7, 11) is -17.1. The first-order valence-corrected chi connectivity index (χ1v) is 22.8. The topological polar surface area (TPSA) is 425 Å². The summed E-state index contributed by atoms with van der Waals surface area (Å²) in [5.74, 6) is -2.49. The monoisotopic (exact) mass is 1030 g/mol. The van der Waals surface area contributed by atoms with Crippen LogP contribution in [0.5, 0.6) is 12.0 Å². The second-order valence-corrected chi connectivity index (χ2v) is 17.3. The average molecular weight is 1030 g/mol. The van der Waals surface area contributed by atoms with E-state index >= 15 is 0 Å². The fourth-order valence-electron chi connectivity index (χ4n) is 4.39. The van der Waals surface area contributed by atoms with Crippen LogP contribution in [-0.2, 0) is 40.5 Å². The van der Waals surface area contributed by atoms with Crippen LogP contribution in [0.4, 0.5) is 35.2 Å². The standard InChI is InChI=1S/C26H30N10O14S4.C4H11NO2.4Na/c1-49-25-33-21(27-9-11-51(37,38)39)31-23(35-25)29-17-7-5-15(19(13-17)53(43,44)45)3-4-16-6-8-18(14-20(16)54(46,47)48)30-24-32-22(34-26(36-24)50-2)28-10-12-52(40,41)42;6-3-1-5-2-4-7;;;;/h3-8,13-14H,9-12H2,1-2H3,(H,37,38,39)(H,40,41,42)(H,43,44,45)(H,46,47,48)(H2,27,29,31,33,35)(H2,28,30,32,34,36);5-7H,1-4H2;;;;/q;;4*+1/p-4/b4-3+;;;;;. The van der Waals surface area contributed by atoms with Crippen LogP contribution in [0.25, 0.3) is 12.2 Å². The molecule has 0 unspecified atom stereocenters. The zero-order chi connectivity index (χ0) is 45.4. The van der Waals surface area contributed by atoms with Crippen molar-refractivity contribution in [1.29, 1.82) is 0 Å². The van der Waals surface area contributed by atoms with E-state index in [0.717, 1.165) is 24.3 Å². The molecule has 0 radical (unpaired) electrons. The molecule has 0 aliphatic carbocycles. The van der Waals surface area contributed by atoms with Crippen molar-refractivity contribution in [3.8, 4) is 12.0 Å². The minimum Gasteiger partial charge on any atom is -0.748 e. The number of rotatable bonds is 22. The van der Waals surface area contributed by atoms with Crippen LogP contribution in [0.15, 0.2) is 46.2 Å². The van der Waals surface area contributed by atoms with E-state index in [1.54, 1.807) is 0 Å². The summed E-state index contributed by atoms with van der Waals surface area (Å²) in [6, 6.07) is 6.25. The second kappa shape index (κ2) is 30.9. The molecule has 4 aromatic rings. The summed E-state index contributed by atoms with van der Waals surface area (Å²) in [5, 5.41) is 29.4. The molecule has 0 aliphatic heterocycles. The summed E-state index contributed by atoms with van der Waals surface area (Å²) in [5.41, 5.74) is -0.512. The third-order valence-electron chi connectivity index (χ3n) is 6.96. The van der Waals surface area contributed by atoms with Crippen molar-refractivity contribution < 1.29 is 190 Å². The number of hydrogen-bond donors (Lipinski definition) is 7. The molecule has 0 bridgehead atoms. The fraction of sp³-hybridized carbons (Fsp3) is 0.333. The van der Waals surface area contributed by atoms with E-state index in [1.807, 2.05) is 0 Å². The van der Waals surface area contributed by atoms with Gasteiger partial charge < -0.3 is 64.5 Å². The van der Waals surface area contributed by atoms with Crippen molar-refractivity contribution >= 4 is 87.8 Å². The summed E-state index contributed by atoms with van der Waals surface area (Å²) in [4.78, 5) is 22.0. The van der Waals surface area contributed by atoms with Crippen molar-refractivity contribution in [2.45, 2.75) is 9.79 Å². The third kappa shape index (κ3) is 25.1. The minimum absolute atomic E-state index is 0. The van der Waals surface area contributed by atoms with Crippen molar-refractivity contribution in [1.82, 2.24) is 35.2 Å². The third-order valence-corrected chi connectivity index (χ3v) is 10.2. The van der Waals surface area contributed by atoms with Gasteiger partial charge in [0.2, 0.25) is 23.8 Å². The Morgan fingerprint density at radius 1 is 0.538 bits per heavy atom. The van der Waals surface area contributed by atoms with E-state index in [4.69, 9.17) is 19.7 Å². The Balaban J connectivity index is 0. The SMILES string of the molecule is COc1nc(NCCS(=O)(=O)[O-])nc(Nc2ccc(/C=C/c3ccc(Nc4nc(NCCS(=O)(=O)[O-])nc(OC)n4)cc3S(=O)(=O)[O-])c(S(=O)(=O)[O-])c2)n1.OCCNCCO.[Na+].[Na+].[Na+].[Na+]. The van der Waals surface area contributed by atoms with Gasteiger partial charge in [-0.3, -0.25) is 0 Å². The molecule has 0 spiro atoms. The Bertz CT molecular complexity index is 2450. The van der Waals surface area contributed by atoms with Crippen molar-refractivity contribution in [2.24, 2.45) is 0 Å². The number of anilines is 6. The van der Waals surface area contributed by atoms with E-state index in [1.165, 1.54) is 38.5 Å². The largest absolute Gasteiger partial charge is 1.00 e. The van der Waals surface area contributed by atoms with Crippen LogP contribution in [-0.4, -0.2) is 157 Å². The molecule has 2 aromatic heterocycles. The quantitative estimate of drug-likeness (QED) is 0.0166. The van der Waals surface area contributed by atoms with E-state index in [2.05, 4.69) is 56.5 Å². The molecular formula is C30H37N11Na4O16S4. The number of methoxy groups -OCH3 is 2. The van der Waals surface area contributed by atoms with Crippen LogP contribution < -0.4 is 154 Å². The number of aliphatic hydroxyl groups excluding tert-OH is 2. The number of benzene rings is 2. The van der Waals surface area contributed by atoms with E-state index < -0.39 is 61.8 Å². The Labute approximate surface area is 462 Å². The van der Waals surface area contributed by atoms with Gasteiger partial charge in [0.15, 0.2) is 0 Å². The van der Waals surface area contributed by atoms with Gasteiger partial charge in [0.05, 0.1) is 69.0 Å². The van der Waals surface area contributed by atoms with Crippen molar-refractivity contribution in [2.75, 3.05) is 86.4 Å². The van der Waals surface area contributed by atoms with E-state index in [0.29, 0.717) is 13.1 Å². The summed E-state index contributed by atoms with van der Waals surface area (Å²) in [6.45, 7) is 0.700.